The lowest BCUT2D eigenvalue weighted by atomic mass is 9.90. The number of thiazole rings is 1. The van der Waals surface area contributed by atoms with Crippen LogP contribution in [-0.4, -0.2) is 29.5 Å². The van der Waals surface area contributed by atoms with E-state index in [0.29, 0.717) is 0 Å². The van der Waals surface area contributed by atoms with Crippen LogP contribution < -0.4 is 5.73 Å². The Morgan fingerprint density at radius 2 is 2.15 bits per heavy atom. The van der Waals surface area contributed by atoms with Crippen molar-refractivity contribution in [2.75, 3.05) is 19.6 Å². The summed E-state index contributed by atoms with van der Waals surface area (Å²) in [5, 5.41) is 3.29. The molecule has 1 fully saturated rings. The fourth-order valence-corrected chi connectivity index (χ4v) is 3.57. The predicted molar refractivity (Wildman–Crippen MR) is 84.6 cm³/mol. The number of rotatable bonds is 4. The van der Waals surface area contributed by atoms with E-state index in [9.17, 15) is 0 Å². The molecule has 2 heterocycles. The van der Waals surface area contributed by atoms with Gasteiger partial charge >= 0.3 is 0 Å². The first-order chi connectivity index (χ1) is 9.68. The first kappa shape index (κ1) is 13.7. The van der Waals surface area contributed by atoms with Gasteiger partial charge in [0.05, 0.1) is 5.69 Å². The molecule has 1 aromatic heterocycles. The van der Waals surface area contributed by atoms with E-state index in [0.717, 1.165) is 31.2 Å². The molecule has 1 aliphatic rings. The summed E-state index contributed by atoms with van der Waals surface area (Å²) in [5.41, 5.74) is 8.54. The van der Waals surface area contributed by atoms with Gasteiger partial charge in [0.2, 0.25) is 0 Å². The van der Waals surface area contributed by atoms with Gasteiger partial charge < -0.3 is 5.73 Å². The molecule has 1 aliphatic heterocycles. The van der Waals surface area contributed by atoms with Gasteiger partial charge in [-0.15, -0.1) is 11.3 Å². The minimum absolute atomic E-state index is 0.290. The van der Waals surface area contributed by atoms with Crippen LogP contribution >= 0.6 is 11.3 Å². The van der Waals surface area contributed by atoms with E-state index in [1.54, 1.807) is 11.3 Å². The van der Waals surface area contributed by atoms with Gasteiger partial charge in [-0.25, -0.2) is 4.98 Å². The van der Waals surface area contributed by atoms with Crippen molar-refractivity contribution >= 4 is 11.3 Å². The Morgan fingerprint density at radius 3 is 2.85 bits per heavy atom. The summed E-state index contributed by atoms with van der Waals surface area (Å²) >= 11 is 1.73. The fourth-order valence-electron chi connectivity index (χ4n) is 2.75. The molecule has 20 heavy (non-hydrogen) atoms. The zero-order chi connectivity index (χ0) is 14.0. The van der Waals surface area contributed by atoms with Crippen LogP contribution in [0.4, 0.5) is 0 Å². The maximum atomic E-state index is 5.86. The molecule has 1 atom stereocenters. The van der Waals surface area contributed by atoms with E-state index < -0.39 is 0 Å². The third kappa shape index (κ3) is 2.92. The molecule has 3 nitrogen and oxygen atoms in total. The van der Waals surface area contributed by atoms with Crippen LogP contribution in [0.25, 0.3) is 10.6 Å². The number of nitrogens with zero attached hydrogens (tertiary/aromatic N) is 2. The predicted octanol–water partition coefficient (Wildman–Crippen LogP) is 2.98. The smallest absolute Gasteiger partial charge is 0.123 e. The molecular weight excluding hydrogens is 266 g/mol. The number of likely N-dealkylation sites (tertiary alicyclic amines) is 1. The SMILES string of the molecule is CC1(CN)CCN(Cc2csc(-c3ccccc3)n2)C1. The van der Waals surface area contributed by atoms with Crippen LogP contribution in [0, 0.1) is 5.41 Å². The number of benzene rings is 1. The molecule has 0 radical (unpaired) electrons. The van der Waals surface area contributed by atoms with Gasteiger partial charge in [0, 0.05) is 24.0 Å². The maximum Gasteiger partial charge on any atom is 0.123 e. The number of hydrogen-bond acceptors (Lipinski definition) is 4. The van der Waals surface area contributed by atoms with Crippen molar-refractivity contribution in [3.63, 3.8) is 0 Å². The lowest BCUT2D eigenvalue weighted by Gasteiger charge is -2.22. The molecule has 4 heteroatoms. The lowest BCUT2D eigenvalue weighted by Crippen LogP contribution is -2.31. The Balaban J connectivity index is 1.67. The summed E-state index contributed by atoms with van der Waals surface area (Å²) in [4.78, 5) is 7.23. The zero-order valence-electron chi connectivity index (χ0n) is 11.9. The van der Waals surface area contributed by atoms with Crippen molar-refractivity contribution in [1.29, 1.82) is 0 Å². The topological polar surface area (TPSA) is 42.1 Å². The number of hydrogen-bond donors (Lipinski definition) is 1. The van der Waals surface area contributed by atoms with E-state index in [1.807, 2.05) is 6.07 Å². The minimum Gasteiger partial charge on any atom is -0.330 e. The van der Waals surface area contributed by atoms with Crippen molar-refractivity contribution in [3.05, 3.63) is 41.4 Å². The van der Waals surface area contributed by atoms with Crippen molar-refractivity contribution in [1.82, 2.24) is 9.88 Å². The molecule has 1 saturated heterocycles. The summed E-state index contributed by atoms with van der Waals surface area (Å²) in [7, 11) is 0. The minimum atomic E-state index is 0.290. The number of aromatic nitrogens is 1. The highest BCUT2D eigenvalue weighted by Gasteiger charge is 2.32. The van der Waals surface area contributed by atoms with Crippen LogP contribution in [-0.2, 0) is 6.54 Å². The van der Waals surface area contributed by atoms with Gasteiger partial charge in [-0.1, -0.05) is 37.3 Å². The zero-order valence-corrected chi connectivity index (χ0v) is 12.7. The van der Waals surface area contributed by atoms with E-state index in [-0.39, 0.29) is 5.41 Å². The molecule has 1 aromatic carbocycles. The van der Waals surface area contributed by atoms with Gasteiger partial charge in [-0.05, 0) is 24.9 Å². The quantitative estimate of drug-likeness (QED) is 0.940. The van der Waals surface area contributed by atoms with E-state index >= 15 is 0 Å². The molecule has 106 valence electrons. The van der Waals surface area contributed by atoms with E-state index in [2.05, 4.69) is 41.5 Å². The highest BCUT2D eigenvalue weighted by molar-refractivity contribution is 7.13. The molecule has 0 amide bonds. The van der Waals surface area contributed by atoms with Crippen LogP contribution in [0.3, 0.4) is 0 Å². The Labute approximate surface area is 124 Å². The second-order valence-electron chi connectivity index (χ2n) is 5.99. The molecule has 2 N–H and O–H groups in total. The van der Waals surface area contributed by atoms with Crippen molar-refractivity contribution in [2.45, 2.75) is 19.9 Å². The van der Waals surface area contributed by atoms with E-state index in [4.69, 9.17) is 10.7 Å². The summed E-state index contributed by atoms with van der Waals surface area (Å²) < 4.78 is 0. The summed E-state index contributed by atoms with van der Waals surface area (Å²) in [6, 6.07) is 10.4. The maximum absolute atomic E-state index is 5.86. The van der Waals surface area contributed by atoms with Gasteiger partial charge in [-0.3, -0.25) is 4.90 Å². The number of nitrogens with two attached hydrogens (primary N) is 1. The Hall–Kier alpha value is -1.23. The first-order valence-corrected chi connectivity index (χ1v) is 7.99. The van der Waals surface area contributed by atoms with Crippen LogP contribution in [0.1, 0.15) is 19.0 Å². The molecule has 0 bridgehead atoms. The van der Waals surface area contributed by atoms with Gasteiger partial charge in [-0.2, -0.15) is 0 Å². The Kier molecular flexibility index (Phi) is 3.87. The van der Waals surface area contributed by atoms with Crippen molar-refractivity contribution in [3.8, 4) is 10.6 Å². The summed E-state index contributed by atoms with van der Waals surface area (Å²) in [6.45, 7) is 6.21. The molecule has 0 aliphatic carbocycles. The second-order valence-corrected chi connectivity index (χ2v) is 6.84. The Bertz CT molecular complexity index is 566. The first-order valence-electron chi connectivity index (χ1n) is 7.11. The van der Waals surface area contributed by atoms with Crippen LogP contribution in [0.15, 0.2) is 35.7 Å². The molecule has 3 rings (SSSR count). The third-order valence-electron chi connectivity index (χ3n) is 4.09. The largest absolute Gasteiger partial charge is 0.330 e. The molecule has 0 spiro atoms. The normalized spacial score (nSPS) is 23.3. The Morgan fingerprint density at radius 1 is 1.35 bits per heavy atom. The van der Waals surface area contributed by atoms with Crippen LogP contribution in [0.5, 0.6) is 0 Å². The monoisotopic (exact) mass is 287 g/mol. The molecular formula is C16H21N3S. The van der Waals surface area contributed by atoms with Crippen molar-refractivity contribution < 1.29 is 0 Å². The summed E-state index contributed by atoms with van der Waals surface area (Å²) in [6.07, 6.45) is 1.19. The average Bonchev–Trinajstić information content (AvgIpc) is 3.08. The second kappa shape index (κ2) is 5.64. The fraction of sp³-hybridized carbons (Fsp3) is 0.438. The van der Waals surface area contributed by atoms with Gasteiger partial charge in [0.1, 0.15) is 5.01 Å². The molecule has 1 unspecified atom stereocenters. The molecule has 2 aromatic rings. The lowest BCUT2D eigenvalue weighted by molar-refractivity contribution is 0.272. The summed E-state index contributed by atoms with van der Waals surface area (Å²) in [5.74, 6) is 0. The molecule has 0 saturated carbocycles. The van der Waals surface area contributed by atoms with Gasteiger partial charge in [0.15, 0.2) is 0 Å². The van der Waals surface area contributed by atoms with Crippen LogP contribution in [0.2, 0.25) is 0 Å². The van der Waals surface area contributed by atoms with E-state index in [1.165, 1.54) is 17.7 Å². The highest BCUT2D eigenvalue weighted by atomic mass is 32.1. The third-order valence-corrected chi connectivity index (χ3v) is 5.03. The standard InChI is InChI=1S/C16H21N3S/c1-16(11-17)7-8-19(12-16)9-14-10-20-15(18-14)13-5-3-2-4-6-13/h2-6,10H,7-9,11-12,17H2,1H3. The van der Waals surface area contributed by atoms with Crippen molar-refractivity contribution in [2.24, 2.45) is 11.1 Å². The average molecular weight is 287 g/mol. The van der Waals surface area contributed by atoms with Gasteiger partial charge in [0.25, 0.3) is 0 Å². The highest BCUT2D eigenvalue weighted by Crippen LogP contribution is 2.30.